The monoisotopic (exact) mass is 292 g/mol. The summed E-state index contributed by atoms with van der Waals surface area (Å²) in [6.45, 7) is 7.45. The van der Waals surface area contributed by atoms with Crippen molar-refractivity contribution in [2.45, 2.75) is 27.7 Å². The first-order chi connectivity index (χ1) is 9.38. The number of hydrogen-bond acceptors (Lipinski definition) is 3. The molecule has 0 radical (unpaired) electrons. The molecule has 0 bridgehead atoms. The second kappa shape index (κ2) is 5.67. The molecule has 106 valence electrons. The van der Waals surface area contributed by atoms with Gasteiger partial charge in [0.05, 0.1) is 5.69 Å². The summed E-state index contributed by atoms with van der Waals surface area (Å²) < 4.78 is 6.90. The molecule has 5 heteroatoms. The molecule has 2 rings (SSSR count). The number of aromatic nitrogens is 2. The molecule has 0 unspecified atom stereocenters. The lowest BCUT2D eigenvalue weighted by Crippen LogP contribution is -2.21. The van der Waals surface area contributed by atoms with E-state index in [9.17, 15) is 4.79 Å². The van der Waals surface area contributed by atoms with Gasteiger partial charge in [-0.05, 0) is 57.0 Å². The van der Waals surface area contributed by atoms with E-state index in [1.165, 1.54) is 4.68 Å². The minimum Gasteiger partial charge on any atom is -0.484 e. The first-order valence-electron chi connectivity index (χ1n) is 6.34. The minimum absolute atomic E-state index is 0.0531. The number of halogens is 1. The number of aryl methyl sites for hydroxylation is 4. The Hall–Kier alpha value is -1.81. The molecule has 1 aromatic carbocycles. The molecule has 0 saturated heterocycles. The van der Waals surface area contributed by atoms with Crippen LogP contribution in [0.1, 0.15) is 27.3 Å². The molecular weight excluding hydrogens is 276 g/mol. The molecule has 2 aromatic rings. The van der Waals surface area contributed by atoms with Crippen LogP contribution in [0.25, 0.3) is 0 Å². The van der Waals surface area contributed by atoms with Crippen LogP contribution in [0.2, 0.25) is 5.02 Å². The van der Waals surface area contributed by atoms with E-state index in [1.54, 1.807) is 0 Å². The van der Waals surface area contributed by atoms with E-state index in [0.717, 1.165) is 27.5 Å². The molecule has 0 N–H and O–H groups in total. The van der Waals surface area contributed by atoms with E-state index in [1.807, 2.05) is 45.9 Å². The van der Waals surface area contributed by atoms with Gasteiger partial charge in [0.1, 0.15) is 5.75 Å². The van der Waals surface area contributed by atoms with Gasteiger partial charge < -0.3 is 4.74 Å². The Bertz CT molecular complexity index is 639. The van der Waals surface area contributed by atoms with E-state index >= 15 is 0 Å². The van der Waals surface area contributed by atoms with Crippen LogP contribution in [0.15, 0.2) is 18.2 Å². The van der Waals surface area contributed by atoms with E-state index in [4.69, 9.17) is 16.3 Å². The van der Waals surface area contributed by atoms with Crippen LogP contribution in [0.3, 0.4) is 0 Å². The Balaban J connectivity index is 2.09. The van der Waals surface area contributed by atoms with Gasteiger partial charge in [0.15, 0.2) is 6.61 Å². The first kappa shape index (κ1) is 14.6. The second-order valence-corrected chi connectivity index (χ2v) is 5.27. The molecule has 1 aromatic heterocycles. The zero-order valence-electron chi connectivity index (χ0n) is 12.0. The predicted molar refractivity (Wildman–Crippen MR) is 78.7 cm³/mol. The van der Waals surface area contributed by atoms with Crippen LogP contribution in [0.5, 0.6) is 5.75 Å². The van der Waals surface area contributed by atoms with Crippen molar-refractivity contribution in [1.29, 1.82) is 0 Å². The Morgan fingerprint density at radius 3 is 2.30 bits per heavy atom. The Labute approximate surface area is 123 Å². The minimum atomic E-state index is -0.194. The van der Waals surface area contributed by atoms with Crippen molar-refractivity contribution < 1.29 is 9.53 Å². The van der Waals surface area contributed by atoms with Crippen molar-refractivity contribution in [1.82, 2.24) is 9.78 Å². The average molecular weight is 293 g/mol. The van der Waals surface area contributed by atoms with Crippen LogP contribution in [0, 0.1) is 27.7 Å². The SMILES string of the molecule is Cc1cc(C)n(C(=O)COc2cc(C)c(Cl)c(C)c2)n1. The Morgan fingerprint density at radius 1 is 1.20 bits per heavy atom. The lowest BCUT2D eigenvalue weighted by molar-refractivity contribution is 0.0818. The summed E-state index contributed by atoms with van der Waals surface area (Å²) in [6.07, 6.45) is 0. The smallest absolute Gasteiger partial charge is 0.284 e. The molecule has 0 spiro atoms. The van der Waals surface area contributed by atoms with Gasteiger partial charge in [0, 0.05) is 10.7 Å². The highest BCUT2D eigenvalue weighted by molar-refractivity contribution is 6.32. The third-order valence-corrected chi connectivity index (χ3v) is 3.61. The topological polar surface area (TPSA) is 44.1 Å². The van der Waals surface area contributed by atoms with Crippen LogP contribution < -0.4 is 4.74 Å². The number of carbonyl (C=O) groups excluding carboxylic acids is 1. The zero-order chi connectivity index (χ0) is 14.9. The standard InChI is InChI=1S/C15H17ClN2O2/c1-9-5-13(6-10(2)15(9)16)20-8-14(19)18-12(4)7-11(3)17-18/h5-7H,8H2,1-4H3. The normalized spacial score (nSPS) is 10.7. The van der Waals surface area contributed by atoms with Gasteiger partial charge in [0.2, 0.25) is 0 Å². The van der Waals surface area contributed by atoms with Gasteiger partial charge in [-0.2, -0.15) is 5.10 Å². The van der Waals surface area contributed by atoms with Gasteiger partial charge in [-0.15, -0.1) is 0 Å². The van der Waals surface area contributed by atoms with Crippen molar-refractivity contribution in [2.75, 3.05) is 6.61 Å². The lowest BCUT2D eigenvalue weighted by Gasteiger charge is -2.10. The van der Waals surface area contributed by atoms with Gasteiger partial charge in [-0.3, -0.25) is 4.79 Å². The predicted octanol–water partition coefficient (Wildman–Crippen LogP) is 3.49. The number of hydrogen-bond donors (Lipinski definition) is 0. The molecule has 0 aliphatic carbocycles. The number of ether oxygens (including phenoxy) is 1. The average Bonchev–Trinajstić information content (AvgIpc) is 2.72. The molecule has 0 aliphatic rings. The molecular formula is C15H17ClN2O2. The maximum Gasteiger partial charge on any atom is 0.284 e. The number of nitrogens with zero attached hydrogens (tertiary/aromatic N) is 2. The molecule has 0 saturated carbocycles. The first-order valence-corrected chi connectivity index (χ1v) is 6.72. The molecule has 0 fully saturated rings. The van der Waals surface area contributed by atoms with Crippen LogP contribution in [0.4, 0.5) is 0 Å². The summed E-state index contributed by atoms with van der Waals surface area (Å²) in [7, 11) is 0. The van der Waals surface area contributed by atoms with E-state index in [-0.39, 0.29) is 12.5 Å². The fourth-order valence-electron chi connectivity index (χ4n) is 2.08. The van der Waals surface area contributed by atoms with Crippen molar-refractivity contribution in [3.05, 3.63) is 45.7 Å². The van der Waals surface area contributed by atoms with Crippen molar-refractivity contribution >= 4 is 17.5 Å². The summed E-state index contributed by atoms with van der Waals surface area (Å²) in [5, 5.41) is 4.86. The molecule has 1 heterocycles. The number of carbonyl (C=O) groups is 1. The summed E-state index contributed by atoms with van der Waals surface area (Å²) in [5.74, 6) is 0.445. The largest absolute Gasteiger partial charge is 0.484 e. The lowest BCUT2D eigenvalue weighted by atomic mass is 10.1. The van der Waals surface area contributed by atoms with Crippen LogP contribution in [-0.4, -0.2) is 22.3 Å². The van der Waals surface area contributed by atoms with Crippen molar-refractivity contribution in [3.8, 4) is 5.75 Å². The van der Waals surface area contributed by atoms with Crippen molar-refractivity contribution in [2.24, 2.45) is 0 Å². The van der Waals surface area contributed by atoms with Crippen molar-refractivity contribution in [3.63, 3.8) is 0 Å². The summed E-state index contributed by atoms with van der Waals surface area (Å²) in [4.78, 5) is 12.0. The van der Waals surface area contributed by atoms with Gasteiger partial charge in [-0.25, -0.2) is 4.68 Å². The number of benzene rings is 1. The van der Waals surface area contributed by atoms with Gasteiger partial charge >= 0.3 is 0 Å². The van der Waals surface area contributed by atoms with E-state index in [0.29, 0.717) is 5.75 Å². The fourth-order valence-corrected chi connectivity index (χ4v) is 2.19. The third-order valence-electron chi connectivity index (χ3n) is 3.02. The molecule has 0 aliphatic heterocycles. The molecule has 0 atom stereocenters. The summed E-state index contributed by atoms with van der Waals surface area (Å²) in [6, 6.07) is 5.50. The zero-order valence-corrected chi connectivity index (χ0v) is 12.8. The maximum absolute atomic E-state index is 12.0. The summed E-state index contributed by atoms with van der Waals surface area (Å²) in [5.41, 5.74) is 3.48. The van der Waals surface area contributed by atoms with Gasteiger partial charge in [-0.1, -0.05) is 11.6 Å². The van der Waals surface area contributed by atoms with Gasteiger partial charge in [0.25, 0.3) is 5.91 Å². The highest BCUT2D eigenvalue weighted by Crippen LogP contribution is 2.25. The van der Waals surface area contributed by atoms with Crippen LogP contribution in [-0.2, 0) is 0 Å². The van der Waals surface area contributed by atoms with E-state index in [2.05, 4.69) is 5.10 Å². The highest BCUT2D eigenvalue weighted by atomic mass is 35.5. The Kier molecular flexibility index (Phi) is 4.14. The number of rotatable bonds is 3. The van der Waals surface area contributed by atoms with Crippen LogP contribution >= 0.6 is 11.6 Å². The summed E-state index contributed by atoms with van der Waals surface area (Å²) >= 11 is 6.10. The fraction of sp³-hybridized carbons (Fsp3) is 0.333. The van der Waals surface area contributed by atoms with E-state index < -0.39 is 0 Å². The molecule has 20 heavy (non-hydrogen) atoms. The quantitative estimate of drug-likeness (QED) is 0.870. The molecule has 4 nitrogen and oxygen atoms in total. The maximum atomic E-state index is 12.0. The second-order valence-electron chi connectivity index (χ2n) is 4.89. The molecule has 0 amide bonds. The highest BCUT2D eigenvalue weighted by Gasteiger charge is 2.11. The Morgan fingerprint density at radius 2 is 1.80 bits per heavy atom. The third kappa shape index (κ3) is 3.02.